The minimum atomic E-state index is 0.776. The van der Waals surface area contributed by atoms with E-state index in [2.05, 4.69) is 26.8 Å². The van der Waals surface area contributed by atoms with E-state index >= 15 is 0 Å². The fourth-order valence-electron chi connectivity index (χ4n) is 1.87. The minimum absolute atomic E-state index is 0.776. The topological polar surface area (TPSA) is 26.0 Å². The summed E-state index contributed by atoms with van der Waals surface area (Å²) >= 11 is 0. The van der Waals surface area contributed by atoms with Crippen molar-refractivity contribution in [2.45, 2.75) is 40.0 Å². The van der Waals surface area contributed by atoms with Gasteiger partial charge in [-0.1, -0.05) is 38.8 Å². The average Bonchev–Trinajstić information content (AvgIpc) is 2.18. The molecular formula is C13H21N. The van der Waals surface area contributed by atoms with E-state index in [4.69, 9.17) is 5.73 Å². The van der Waals surface area contributed by atoms with E-state index in [-0.39, 0.29) is 0 Å². The molecule has 1 heteroatoms. The third-order valence-corrected chi connectivity index (χ3v) is 3.09. The first kappa shape index (κ1) is 11.1. The molecule has 0 bridgehead atoms. The molecule has 1 rings (SSSR count). The van der Waals surface area contributed by atoms with Gasteiger partial charge in [-0.05, 0) is 36.5 Å². The monoisotopic (exact) mass is 191 g/mol. The number of hydrogen-bond acceptors (Lipinski definition) is 1. The Morgan fingerprint density at radius 1 is 1.21 bits per heavy atom. The van der Waals surface area contributed by atoms with Crippen molar-refractivity contribution in [1.82, 2.24) is 0 Å². The SMILES string of the molecule is CCC(CC)Cc1c(C)cccc1N. The van der Waals surface area contributed by atoms with Crippen LogP contribution in [0.5, 0.6) is 0 Å². The van der Waals surface area contributed by atoms with Gasteiger partial charge in [0.1, 0.15) is 0 Å². The van der Waals surface area contributed by atoms with Crippen LogP contribution < -0.4 is 5.73 Å². The molecule has 2 N–H and O–H groups in total. The third kappa shape index (κ3) is 2.50. The van der Waals surface area contributed by atoms with Crippen LogP contribution in [0.25, 0.3) is 0 Å². The molecule has 0 saturated heterocycles. The Morgan fingerprint density at radius 2 is 1.86 bits per heavy atom. The highest BCUT2D eigenvalue weighted by Crippen LogP contribution is 2.23. The molecule has 78 valence electrons. The highest BCUT2D eigenvalue weighted by atomic mass is 14.6. The van der Waals surface area contributed by atoms with Gasteiger partial charge in [-0.25, -0.2) is 0 Å². The zero-order chi connectivity index (χ0) is 10.6. The fourth-order valence-corrected chi connectivity index (χ4v) is 1.87. The third-order valence-electron chi connectivity index (χ3n) is 3.09. The number of nitrogen functional groups attached to an aromatic ring is 1. The zero-order valence-corrected chi connectivity index (χ0v) is 9.51. The molecule has 0 radical (unpaired) electrons. The molecule has 14 heavy (non-hydrogen) atoms. The number of aryl methyl sites for hydroxylation is 1. The molecule has 0 saturated carbocycles. The normalized spacial score (nSPS) is 10.9. The first-order chi connectivity index (χ1) is 6.69. The van der Waals surface area contributed by atoms with Gasteiger partial charge in [0.2, 0.25) is 0 Å². The molecule has 0 fully saturated rings. The van der Waals surface area contributed by atoms with Crippen LogP contribution >= 0.6 is 0 Å². The van der Waals surface area contributed by atoms with Crippen LogP contribution in [0.15, 0.2) is 18.2 Å². The molecule has 1 nitrogen and oxygen atoms in total. The maximum Gasteiger partial charge on any atom is 0.0349 e. The van der Waals surface area contributed by atoms with Crippen LogP contribution in [-0.2, 0) is 6.42 Å². The molecule has 0 atom stereocenters. The lowest BCUT2D eigenvalue weighted by Gasteiger charge is -2.15. The Balaban J connectivity index is 2.84. The zero-order valence-electron chi connectivity index (χ0n) is 9.51. The lowest BCUT2D eigenvalue weighted by molar-refractivity contribution is 0.490. The molecule has 0 amide bonds. The Labute approximate surface area is 87.3 Å². The average molecular weight is 191 g/mol. The summed E-state index contributed by atoms with van der Waals surface area (Å²) in [7, 11) is 0. The van der Waals surface area contributed by atoms with Crippen LogP contribution in [0.2, 0.25) is 0 Å². The van der Waals surface area contributed by atoms with Gasteiger partial charge < -0.3 is 5.73 Å². The summed E-state index contributed by atoms with van der Waals surface area (Å²) in [6.45, 7) is 6.65. The van der Waals surface area contributed by atoms with Crippen LogP contribution in [0.4, 0.5) is 5.69 Å². The Kier molecular flexibility index (Phi) is 3.99. The molecule has 0 aliphatic rings. The van der Waals surface area contributed by atoms with Crippen LogP contribution in [0.1, 0.15) is 37.8 Å². The highest BCUT2D eigenvalue weighted by molar-refractivity contribution is 5.50. The standard InChI is InChI=1S/C13H21N/c1-4-11(5-2)9-12-10(3)7-6-8-13(12)14/h6-8,11H,4-5,9,14H2,1-3H3. The number of rotatable bonds is 4. The molecular weight excluding hydrogens is 170 g/mol. The summed E-state index contributed by atoms with van der Waals surface area (Å²) in [5.41, 5.74) is 9.61. The second-order valence-electron chi connectivity index (χ2n) is 4.03. The predicted octanol–water partition coefficient (Wildman–Crippen LogP) is 3.56. The lowest BCUT2D eigenvalue weighted by Crippen LogP contribution is -2.06. The number of anilines is 1. The van der Waals surface area contributed by atoms with Gasteiger partial charge in [-0.15, -0.1) is 0 Å². The first-order valence-electron chi connectivity index (χ1n) is 5.53. The van der Waals surface area contributed by atoms with Crippen molar-refractivity contribution in [3.05, 3.63) is 29.3 Å². The molecule has 1 aromatic rings. The van der Waals surface area contributed by atoms with Crippen molar-refractivity contribution in [2.75, 3.05) is 5.73 Å². The Hall–Kier alpha value is -0.980. The maximum absolute atomic E-state index is 5.98. The maximum atomic E-state index is 5.98. The largest absolute Gasteiger partial charge is 0.398 e. The fraction of sp³-hybridized carbons (Fsp3) is 0.538. The Bertz CT molecular complexity index is 267. The van der Waals surface area contributed by atoms with Crippen molar-refractivity contribution in [2.24, 2.45) is 5.92 Å². The second kappa shape index (κ2) is 5.04. The number of nitrogens with two attached hydrogens (primary N) is 1. The van der Waals surface area contributed by atoms with Crippen molar-refractivity contribution >= 4 is 5.69 Å². The number of hydrogen-bond donors (Lipinski definition) is 1. The van der Waals surface area contributed by atoms with Crippen molar-refractivity contribution in [1.29, 1.82) is 0 Å². The van der Waals surface area contributed by atoms with E-state index < -0.39 is 0 Å². The lowest BCUT2D eigenvalue weighted by atomic mass is 9.91. The van der Waals surface area contributed by atoms with Crippen LogP contribution in [0, 0.1) is 12.8 Å². The second-order valence-corrected chi connectivity index (χ2v) is 4.03. The summed E-state index contributed by atoms with van der Waals surface area (Å²) in [5.74, 6) is 0.776. The van der Waals surface area contributed by atoms with Gasteiger partial charge in [0.25, 0.3) is 0 Å². The van der Waals surface area contributed by atoms with Crippen molar-refractivity contribution in [3.8, 4) is 0 Å². The molecule has 0 spiro atoms. The van der Waals surface area contributed by atoms with Crippen LogP contribution in [-0.4, -0.2) is 0 Å². The van der Waals surface area contributed by atoms with E-state index in [1.807, 2.05) is 12.1 Å². The molecule has 0 aliphatic heterocycles. The summed E-state index contributed by atoms with van der Waals surface area (Å²) in [6.07, 6.45) is 3.61. The highest BCUT2D eigenvalue weighted by Gasteiger charge is 2.09. The van der Waals surface area contributed by atoms with Gasteiger partial charge in [0.15, 0.2) is 0 Å². The van der Waals surface area contributed by atoms with E-state index in [0.29, 0.717) is 0 Å². The summed E-state index contributed by atoms with van der Waals surface area (Å²) in [5, 5.41) is 0. The molecule has 0 heterocycles. The number of benzene rings is 1. The molecule has 1 aromatic carbocycles. The van der Waals surface area contributed by atoms with E-state index in [1.165, 1.54) is 24.0 Å². The van der Waals surface area contributed by atoms with E-state index in [0.717, 1.165) is 18.0 Å². The van der Waals surface area contributed by atoms with Gasteiger partial charge in [-0.2, -0.15) is 0 Å². The van der Waals surface area contributed by atoms with Crippen molar-refractivity contribution < 1.29 is 0 Å². The van der Waals surface area contributed by atoms with Crippen LogP contribution in [0.3, 0.4) is 0 Å². The van der Waals surface area contributed by atoms with Gasteiger partial charge in [0.05, 0.1) is 0 Å². The van der Waals surface area contributed by atoms with Crippen molar-refractivity contribution in [3.63, 3.8) is 0 Å². The summed E-state index contributed by atoms with van der Waals surface area (Å²) in [4.78, 5) is 0. The van der Waals surface area contributed by atoms with Gasteiger partial charge >= 0.3 is 0 Å². The minimum Gasteiger partial charge on any atom is -0.398 e. The summed E-state index contributed by atoms with van der Waals surface area (Å²) < 4.78 is 0. The smallest absolute Gasteiger partial charge is 0.0349 e. The van der Waals surface area contributed by atoms with Gasteiger partial charge in [-0.3, -0.25) is 0 Å². The summed E-state index contributed by atoms with van der Waals surface area (Å²) in [6, 6.07) is 6.18. The van der Waals surface area contributed by atoms with Gasteiger partial charge in [0, 0.05) is 5.69 Å². The van der Waals surface area contributed by atoms with E-state index in [1.54, 1.807) is 0 Å². The quantitative estimate of drug-likeness (QED) is 0.724. The predicted molar refractivity (Wildman–Crippen MR) is 63.4 cm³/mol. The molecule has 0 aromatic heterocycles. The molecule has 0 aliphatic carbocycles. The van der Waals surface area contributed by atoms with E-state index in [9.17, 15) is 0 Å². The molecule has 0 unspecified atom stereocenters. The Morgan fingerprint density at radius 3 is 2.36 bits per heavy atom. The first-order valence-corrected chi connectivity index (χ1v) is 5.53.